The van der Waals surface area contributed by atoms with Gasteiger partial charge in [-0.15, -0.1) is 0 Å². The molecule has 3 heterocycles. The summed E-state index contributed by atoms with van der Waals surface area (Å²) in [6, 6.07) is 6.19. The first-order valence-corrected chi connectivity index (χ1v) is 9.28. The summed E-state index contributed by atoms with van der Waals surface area (Å²) < 4.78 is 17.7. The van der Waals surface area contributed by atoms with Crippen molar-refractivity contribution >= 4 is 17.1 Å². The minimum Gasteiger partial charge on any atom is -0.342 e. The summed E-state index contributed by atoms with van der Waals surface area (Å²) in [5.41, 5.74) is 0.800. The molecular weight excluding hydrogens is 361 g/mol. The molecule has 1 aromatic carbocycles. The molecular formula is C20H22FN5O2. The van der Waals surface area contributed by atoms with Gasteiger partial charge in [0.1, 0.15) is 5.82 Å². The first kappa shape index (κ1) is 18.2. The number of benzene rings is 1. The maximum absolute atomic E-state index is 13.3. The largest absolute Gasteiger partial charge is 0.342 e. The van der Waals surface area contributed by atoms with Crippen LogP contribution in [-0.2, 0) is 20.6 Å². The van der Waals surface area contributed by atoms with Crippen LogP contribution < -0.4 is 16.1 Å². The number of nitrogens with zero attached hydrogens (tertiary/aromatic N) is 5. The minimum atomic E-state index is -0.409. The number of hydrogen-bond acceptors (Lipinski definition) is 4. The Morgan fingerprint density at radius 2 is 1.64 bits per heavy atom. The number of aryl methyl sites for hydroxylation is 1. The van der Waals surface area contributed by atoms with E-state index in [1.807, 2.05) is 4.57 Å². The number of anilines is 1. The zero-order valence-electron chi connectivity index (χ0n) is 15.9. The highest BCUT2D eigenvalue weighted by Crippen LogP contribution is 2.23. The molecule has 1 aliphatic heterocycles. The van der Waals surface area contributed by atoms with Gasteiger partial charge in [-0.25, -0.2) is 9.18 Å². The van der Waals surface area contributed by atoms with Crippen LogP contribution in [0.4, 0.5) is 10.3 Å². The van der Waals surface area contributed by atoms with Gasteiger partial charge in [0.15, 0.2) is 11.2 Å². The van der Waals surface area contributed by atoms with Crippen LogP contribution in [0.25, 0.3) is 11.2 Å². The highest BCUT2D eigenvalue weighted by atomic mass is 19.1. The Labute approximate surface area is 161 Å². The van der Waals surface area contributed by atoms with Crippen LogP contribution in [0.1, 0.15) is 18.4 Å². The monoisotopic (exact) mass is 383 g/mol. The second-order valence-corrected chi connectivity index (χ2v) is 7.04. The Morgan fingerprint density at radius 1 is 1.00 bits per heavy atom. The number of hydrogen-bond donors (Lipinski definition) is 0. The summed E-state index contributed by atoms with van der Waals surface area (Å²) >= 11 is 0. The molecule has 0 saturated heterocycles. The van der Waals surface area contributed by atoms with Gasteiger partial charge in [-0.05, 0) is 30.5 Å². The molecule has 0 unspecified atom stereocenters. The Balaban J connectivity index is 1.95. The summed E-state index contributed by atoms with van der Waals surface area (Å²) in [5, 5.41) is 0. The van der Waals surface area contributed by atoms with Crippen LogP contribution in [0.2, 0.25) is 0 Å². The van der Waals surface area contributed by atoms with Crippen molar-refractivity contribution in [1.29, 1.82) is 0 Å². The molecule has 0 N–H and O–H groups in total. The average molecular weight is 383 g/mol. The smallest absolute Gasteiger partial charge is 0.332 e. The lowest BCUT2D eigenvalue weighted by atomic mass is 10.2. The van der Waals surface area contributed by atoms with Crippen molar-refractivity contribution < 1.29 is 4.39 Å². The Morgan fingerprint density at radius 3 is 2.29 bits per heavy atom. The van der Waals surface area contributed by atoms with Gasteiger partial charge in [-0.2, -0.15) is 4.98 Å². The van der Waals surface area contributed by atoms with E-state index in [0.717, 1.165) is 36.1 Å². The first-order valence-electron chi connectivity index (χ1n) is 9.28. The van der Waals surface area contributed by atoms with E-state index in [2.05, 4.69) is 17.1 Å². The molecule has 7 nitrogen and oxygen atoms in total. The number of fused-ring (bicyclic) bond motifs is 1. The maximum atomic E-state index is 13.3. The Hall–Kier alpha value is -3.16. The molecule has 8 heteroatoms. The summed E-state index contributed by atoms with van der Waals surface area (Å²) in [7, 11) is 3.09. The molecule has 0 atom stereocenters. The van der Waals surface area contributed by atoms with Gasteiger partial charge in [0.25, 0.3) is 5.56 Å². The summed E-state index contributed by atoms with van der Waals surface area (Å²) in [6.45, 7) is 1.92. The van der Waals surface area contributed by atoms with Gasteiger partial charge in [-0.1, -0.05) is 24.3 Å². The van der Waals surface area contributed by atoms with Gasteiger partial charge < -0.3 is 4.90 Å². The van der Waals surface area contributed by atoms with Crippen molar-refractivity contribution in [2.24, 2.45) is 14.1 Å². The fourth-order valence-electron chi connectivity index (χ4n) is 3.61. The molecule has 3 aromatic rings. The van der Waals surface area contributed by atoms with Crippen LogP contribution in [0.15, 0.2) is 46.0 Å². The van der Waals surface area contributed by atoms with Crippen molar-refractivity contribution in [3.8, 4) is 0 Å². The first-order chi connectivity index (χ1) is 13.5. The molecule has 2 aromatic heterocycles. The summed E-state index contributed by atoms with van der Waals surface area (Å²) in [4.78, 5) is 32.1. The van der Waals surface area contributed by atoms with Crippen LogP contribution in [0, 0.1) is 5.82 Å². The van der Waals surface area contributed by atoms with Gasteiger partial charge >= 0.3 is 5.69 Å². The van der Waals surface area contributed by atoms with Crippen molar-refractivity contribution in [2.75, 3.05) is 18.0 Å². The van der Waals surface area contributed by atoms with E-state index >= 15 is 0 Å². The normalized spacial score (nSPS) is 14.6. The highest BCUT2D eigenvalue weighted by Gasteiger charge is 2.23. The van der Waals surface area contributed by atoms with E-state index < -0.39 is 5.69 Å². The number of rotatable bonds is 3. The topological polar surface area (TPSA) is 65.1 Å². The van der Waals surface area contributed by atoms with E-state index in [9.17, 15) is 14.0 Å². The highest BCUT2D eigenvalue weighted by molar-refractivity contribution is 5.74. The molecule has 0 bridgehead atoms. The second kappa shape index (κ2) is 7.10. The molecule has 146 valence electrons. The van der Waals surface area contributed by atoms with Gasteiger partial charge in [0, 0.05) is 27.2 Å². The predicted molar refractivity (Wildman–Crippen MR) is 106 cm³/mol. The zero-order valence-corrected chi connectivity index (χ0v) is 15.9. The molecule has 0 radical (unpaired) electrons. The third-order valence-electron chi connectivity index (χ3n) is 5.16. The minimum absolute atomic E-state index is 0.309. The Bertz CT molecular complexity index is 1160. The lowest BCUT2D eigenvalue weighted by molar-refractivity contribution is 0.626. The van der Waals surface area contributed by atoms with Crippen molar-refractivity contribution in [3.63, 3.8) is 0 Å². The van der Waals surface area contributed by atoms with Crippen molar-refractivity contribution in [3.05, 3.63) is 68.6 Å². The fourth-order valence-corrected chi connectivity index (χ4v) is 3.61. The Kier molecular flexibility index (Phi) is 4.62. The number of imidazole rings is 1. The molecule has 0 amide bonds. The van der Waals surface area contributed by atoms with E-state index in [1.165, 1.54) is 23.7 Å². The molecule has 0 saturated carbocycles. The summed E-state index contributed by atoms with van der Waals surface area (Å²) in [5.74, 6) is 0.345. The lowest BCUT2D eigenvalue weighted by Gasteiger charge is -2.22. The zero-order chi connectivity index (χ0) is 19.8. The molecule has 4 rings (SSSR count). The molecule has 0 fully saturated rings. The van der Waals surface area contributed by atoms with Crippen molar-refractivity contribution in [2.45, 2.75) is 19.4 Å². The molecule has 28 heavy (non-hydrogen) atoms. The van der Waals surface area contributed by atoms with Crippen LogP contribution in [0.3, 0.4) is 0 Å². The standard InChI is InChI=1S/C20H22FN5O2/c1-23-17-16(18(27)24(2)20(23)28)26(13-14-7-9-15(21)10-8-14)19(22-17)25-11-5-3-4-6-12-25/h3-4,7-10H,5-6,11-13H2,1-2H3. The van der Waals surface area contributed by atoms with Gasteiger partial charge in [0.05, 0.1) is 6.54 Å². The summed E-state index contributed by atoms with van der Waals surface area (Å²) in [6.07, 6.45) is 6.05. The molecule has 1 aliphatic rings. The van der Waals surface area contributed by atoms with Gasteiger partial charge in [-0.3, -0.25) is 18.5 Å². The third kappa shape index (κ3) is 3.04. The van der Waals surface area contributed by atoms with E-state index in [4.69, 9.17) is 4.98 Å². The number of halogens is 1. The fraction of sp³-hybridized carbons (Fsp3) is 0.350. The van der Waals surface area contributed by atoms with Crippen LogP contribution in [-0.4, -0.2) is 31.8 Å². The third-order valence-corrected chi connectivity index (χ3v) is 5.16. The van der Waals surface area contributed by atoms with E-state index in [0.29, 0.717) is 23.7 Å². The predicted octanol–water partition coefficient (Wildman–Crippen LogP) is 1.78. The van der Waals surface area contributed by atoms with Crippen LogP contribution in [0.5, 0.6) is 0 Å². The SMILES string of the molecule is Cn1c(=O)c2c(nc(N3CCC=CCC3)n2Cc2ccc(F)cc2)n(C)c1=O. The van der Waals surface area contributed by atoms with Crippen LogP contribution >= 0.6 is 0 Å². The van der Waals surface area contributed by atoms with E-state index in [1.54, 1.807) is 19.2 Å². The molecule has 0 spiro atoms. The average Bonchev–Trinajstić information content (AvgIpc) is 2.87. The molecule has 0 aliphatic carbocycles. The lowest BCUT2D eigenvalue weighted by Crippen LogP contribution is -2.37. The quantitative estimate of drug-likeness (QED) is 0.647. The van der Waals surface area contributed by atoms with Crippen molar-refractivity contribution in [1.82, 2.24) is 18.7 Å². The second-order valence-electron chi connectivity index (χ2n) is 7.04. The van der Waals surface area contributed by atoms with E-state index in [-0.39, 0.29) is 11.4 Å². The number of aromatic nitrogens is 4. The van der Waals surface area contributed by atoms with Gasteiger partial charge in [0.2, 0.25) is 5.95 Å². The maximum Gasteiger partial charge on any atom is 0.332 e.